The van der Waals surface area contributed by atoms with E-state index in [1.807, 2.05) is 0 Å². The zero-order valence-electron chi connectivity index (χ0n) is 6.78. The van der Waals surface area contributed by atoms with Gasteiger partial charge < -0.3 is 16.2 Å². The Balaban J connectivity index is 3.50. The molecule has 0 saturated heterocycles. The summed E-state index contributed by atoms with van der Waals surface area (Å²) in [6.07, 6.45) is 0. The van der Waals surface area contributed by atoms with Crippen molar-refractivity contribution in [1.29, 1.82) is 0 Å². The van der Waals surface area contributed by atoms with Crippen LogP contribution in [0.2, 0.25) is 0 Å². The molecule has 0 heterocycles. The maximum Gasteiger partial charge on any atom is 0.323 e. The van der Waals surface area contributed by atoms with Crippen LogP contribution in [0.1, 0.15) is 0 Å². The van der Waals surface area contributed by atoms with Gasteiger partial charge in [-0.2, -0.15) is 0 Å². The second-order valence-corrected chi connectivity index (χ2v) is 3.14. The molecule has 0 aliphatic rings. The second-order valence-electron chi connectivity index (χ2n) is 2.11. The number of ether oxygens (including phenoxy) is 1. The number of hydrogen-bond acceptors (Lipinski definition) is 5. The molecular formula is C6H12N2O3S. The molecule has 6 heteroatoms. The Bertz CT molecular complexity index is 174. The van der Waals surface area contributed by atoms with Gasteiger partial charge in [0.25, 0.3) is 0 Å². The number of hydrogen-bond donors (Lipinski definition) is 2. The molecule has 70 valence electrons. The Morgan fingerprint density at radius 3 is 2.58 bits per heavy atom. The van der Waals surface area contributed by atoms with E-state index in [1.54, 1.807) is 0 Å². The number of esters is 1. The Morgan fingerprint density at radius 1 is 1.58 bits per heavy atom. The van der Waals surface area contributed by atoms with E-state index in [4.69, 9.17) is 11.5 Å². The number of primary amides is 1. The van der Waals surface area contributed by atoms with Gasteiger partial charge in [-0.05, 0) is 0 Å². The third-order valence-corrected chi connectivity index (χ3v) is 2.13. The molecule has 0 rings (SSSR count). The molecule has 0 spiro atoms. The summed E-state index contributed by atoms with van der Waals surface area (Å²) in [5.74, 6) is -0.385. The molecule has 0 aromatic rings. The number of rotatable bonds is 5. The van der Waals surface area contributed by atoms with E-state index in [1.165, 1.54) is 18.9 Å². The van der Waals surface area contributed by atoms with Gasteiger partial charge in [0, 0.05) is 5.75 Å². The van der Waals surface area contributed by atoms with Gasteiger partial charge in [-0.15, -0.1) is 11.8 Å². The minimum absolute atomic E-state index is 0.171. The van der Waals surface area contributed by atoms with E-state index >= 15 is 0 Å². The van der Waals surface area contributed by atoms with Gasteiger partial charge in [-0.3, -0.25) is 9.59 Å². The van der Waals surface area contributed by atoms with Gasteiger partial charge in [0.2, 0.25) is 5.91 Å². The highest BCUT2D eigenvalue weighted by atomic mass is 32.2. The molecule has 12 heavy (non-hydrogen) atoms. The molecule has 0 saturated carbocycles. The highest BCUT2D eigenvalue weighted by molar-refractivity contribution is 8.00. The molecule has 0 aromatic carbocycles. The average molecular weight is 192 g/mol. The van der Waals surface area contributed by atoms with Crippen LogP contribution in [0.4, 0.5) is 0 Å². The number of carbonyl (C=O) groups is 2. The van der Waals surface area contributed by atoms with Crippen molar-refractivity contribution in [2.45, 2.75) is 6.04 Å². The number of amides is 1. The van der Waals surface area contributed by atoms with Gasteiger partial charge in [0.1, 0.15) is 6.04 Å². The van der Waals surface area contributed by atoms with Crippen molar-refractivity contribution in [2.75, 3.05) is 18.6 Å². The highest BCUT2D eigenvalue weighted by Crippen LogP contribution is 2.01. The van der Waals surface area contributed by atoms with Crippen LogP contribution in [0, 0.1) is 0 Å². The van der Waals surface area contributed by atoms with Crippen LogP contribution < -0.4 is 11.5 Å². The van der Waals surface area contributed by atoms with Gasteiger partial charge in [-0.1, -0.05) is 0 Å². The normalized spacial score (nSPS) is 12.2. The monoisotopic (exact) mass is 192 g/mol. The van der Waals surface area contributed by atoms with Crippen molar-refractivity contribution in [3.05, 3.63) is 0 Å². The van der Waals surface area contributed by atoms with Gasteiger partial charge in [0.05, 0.1) is 12.9 Å². The summed E-state index contributed by atoms with van der Waals surface area (Å²) in [7, 11) is 1.26. The first-order valence-electron chi connectivity index (χ1n) is 3.27. The lowest BCUT2D eigenvalue weighted by atomic mass is 10.4. The number of nitrogens with two attached hydrogens (primary N) is 2. The third-order valence-electron chi connectivity index (χ3n) is 1.05. The number of methoxy groups -OCH3 is 1. The van der Waals surface area contributed by atoms with Crippen LogP contribution >= 0.6 is 11.8 Å². The first-order chi connectivity index (χ1) is 5.57. The molecule has 0 aliphatic heterocycles. The summed E-state index contributed by atoms with van der Waals surface area (Å²) in [5.41, 5.74) is 10.2. The van der Waals surface area contributed by atoms with Gasteiger partial charge in [-0.25, -0.2) is 0 Å². The SMILES string of the molecule is COC(=O)[C@@H](N)CSCC(N)=O. The summed E-state index contributed by atoms with van der Waals surface area (Å²) in [5, 5.41) is 0. The van der Waals surface area contributed by atoms with Crippen molar-refractivity contribution in [3.8, 4) is 0 Å². The van der Waals surface area contributed by atoms with Gasteiger partial charge >= 0.3 is 5.97 Å². The summed E-state index contributed by atoms with van der Waals surface area (Å²) < 4.78 is 4.38. The minimum atomic E-state index is -0.681. The fourth-order valence-corrected chi connectivity index (χ4v) is 1.21. The molecule has 0 bridgehead atoms. The predicted octanol–water partition coefficient (Wildman–Crippen LogP) is -1.29. The molecule has 0 unspecified atom stereocenters. The fourth-order valence-electron chi connectivity index (χ4n) is 0.506. The summed E-state index contributed by atoms with van der Waals surface area (Å²) >= 11 is 1.21. The van der Waals surface area contributed by atoms with Crippen molar-refractivity contribution >= 4 is 23.6 Å². The third kappa shape index (κ3) is 4.97. The van der Waals surface area contributed by atoms with Crippen LogP contribution in [-0.2, 0) is 14.3 Å². The van der Waals surface area contributed by atoms with Crippen molar-refractivity contribution in [2.24, 2.45) is 11.5 Å². The Hall–Kier alpha value is -0.750. The van der Waals surface area contributed by atoms with Crippen molar-refractivity contribution in [1.82, 2.24) is 0 Å². The Kier molecular flexibility index (Phi) is 5.48. The van der Waals surface area contributed by atoms with Crippen LogP contribution in [0.25, 0.3) is 0 Å². The van der Waals surface area contributed by atoms with E-state index in [0.29, 0.717) is 5.75 Å². The smallest absolute Gasteiger partial charge is 0.323 e. The average Bonchev–Trinajstić information content (AvgIpc) is 2.02. The highest BCUT2D eigenvalue weighted by Gasteiger charge is 2.13. The number of thioether (sulfide) groups is 1. The van der Waals surface area contributed by atoms with Crippen LogP contribution in [-0.4, -0.2) is 36.5 Å². The van der Waals surface area contributed by atoms with E-state index in [2.05, 4.69) is 4.74 Å². The summed E-state index contributed by atoms with van der Waals surface area (Å²) in [6.45, 7) is 0. The Morgan fingerprint density at radius 2 is 2.17 bits per heavy atom. The summed E-state index contributed by atoms with van der Waals surface area (Å²) in [6, 6.07) is -0.681. The molecule has 5 nitrogen and oxygen atoms in total. The standard InChI is InChI=1S/C6H12N2O3S/c1-11-6(10)4(7)2-12-3-5(8)9/h4H,2-3,7H2,1H3,(H2,8,9)/t4-/m0/s1. The predicted molar refractivity (Wildman–Crippen MR) is 46.5 cm³/mol. The minimum Gasteiger partial charge on any atom is -0.468 e. The molecule has 0 aliphatic carbocycles. The van der Waals surface area contributed by atoms with E-state index in [9.17, 15) is 9.59 Å². The zero-order chi connectivity index (χ0) is 9.56. The van der Waals surface area contributed by atoms with Crippen LogP contribution in [0.15, 0.2) is 0 Å². The topological polar surface area (TPSA) is 95.4 Å². The van der Waals surface area contributed by atoms with Crippen molar-refractivity contribution < 1.29 is 14.3 Å². The first kappa shape index (κ1) is 11.2. The summed E-state index contributed by atoms with van der Waals surface area (Å²) in [4.78, 5) is 21.0. The van der Waals surface area contributed by atoms with Crippen LogP contribution in [0.3, 0.4) is 0 Å². The maximum absolute atomic E-state index is 10.7. The van der Waals surface area contributed by atoms with E-state index in [-0.39, 0.29) is 5.75 Å². The molecular weight excluding hydrogens is 180 g/mol. The Labute approximate surface area is 74.8 Å². The fraction of sp³-hybridized carbons (Fsp3) is 0.667. The van der Waals surface area contributed by atoms with Crippen molar-refractivity contribution in [3.63, 3.8) is 0 Å². The lowest BCUT2D eigenvalue weighted by molar-refractivity contribution is -0.141. The second kappa shape index (κ2) is 5.84. The first-order valence-corrected chi connectivity index (χ1v) is 4.43. The molecule has 0 radical (unpaired) electrons. The quantitative estimate of drug-likeness (QED) is 0.528. The largest absolute Gasteiger partial charge is 0.468 e. The molecule has 0 fully saturated rings. The van der Waals surface area contributed by atoms with Gasteiger partial charge in [0.15, 0.2) is 0 Å². The zero-order valence-corrected chi connectivity index (χ0v) is 7.60. The molecule has 0 aromatic heterocycles. The molecule has 4 N–H and O–H groups in total. The van der Waals surface area contributed by atoms with E-state index in [0.717, 1.165) is 0 Å². The molecule has 1 amide bonds. The number of carbonyl (C=O) groups excluding carboxylic acids is 2. The lowest BCUT2D eigenvalue weighted by Crippen LogP contribution is -2.34. The van der Waals surface area contributed by atoms with E-state index < -0.39 is 17.9 Å². The van der Waals surface area contributed by atoms with Crippen LogP contribution in [0.5, 0.6) is 0 Å². The maximum atomic E-state index is 10.7. The molecule has 1 atom stereocenters. The lowest BCUT2D eigenvalue weighted by Gasteiger charge is -2.06.